The second-order valence-electron chi connectivity index (χ2n) is 6.64. The van der Waals surface area contributed by atoms with E-state index in [1.54, 1.807) is 0 Å². The summed E-state index contributed by atoms with van der Waals surface area (Å²) in [6.45, 7) is 4.33. The molecule has 126 valence electrons. The van der Waals surface area contributed by atoms with Crippen molar-refractivity contribution in [3.8, 4) is 33.5 Å². The summed E-state index contributed by atoms with van der Waals surface area (Å²) in [4.78, 5) is 4.63. The third-order valence-corrected chi connectivity index (χ3v) is 4.80. The van der Waals surface area contributed by atoms with Crippen LogP contribution in [0.4, 0.5) is 0 Å². The minimum absolute atomic E-state index is 1.00. The maximum atomic E-state index is 4.63. The first-order chi connectivity index (χ1) is 12.7. The summed E-state index contributed by atoms with van der Waals surface area (Å²) in [5, 5.41) is 0. The molecule has 0 saturated heterocycles. The smallest absolute Gasteiger partial charge is 0.0708 e. The molecule has 0 aliphatic heterocycles. The highest BCUT2D eigenvalue weighted by atomic mass is 14.7. The largest absolute Gasteiger partial charge is 0.256 e. The quantitative estimate of drug-likeness (QED) is 0.406. The summed E-state index contributed by atoms with van der Waals surface area (Å²) in [5.41, 5.74) is 9.68. The van der Waals surface area contributed by atoms with Crippen LogP contribution in [0.25, 0.3) is 33.5 Å². The highest BCUT2D eigenvalue weighted by Crippen LogP contribution is 2.31. The van der Waals surface area contributed by atoms with Gasteiger partial charge in [-0.1, -0.05) is 66.7 Å². The van der Waals surface area contributed by atoms with Gasteiger partial charge >= 0.3 is 0 Å². The van der Waals surface area contributed by atoms with Crippen molar-refractivity contribution in [3.63, 3.8) is 0 Å². The van der Waals surface area contributed by atoms with Gasteiger partial charge in [-0.3, -0.25) is 4.98 Å². The Kier molecular flexibility index (Phi) is 4.37. The number of pyridine rings is 1. The van der Waals surface area contributed by atoms with E-state index >= 15 is 0 Å². The average Bonchev–Trinajstić information content (AvgIpc) is 2.69. The Morgan fingerprint density at radius 1 is 0.538 bits per heavy atom. The molecule has 0 radical (unpaired) electrons. The van der Waals surface area contributed by atoms with Crippen LogP contribution in [0.1, 0.15) is 11.1 Å². The van der Waals surface area contributed by atoms with E-state index in [1.807, 2.05) is 12.3 Å². The standard InChI is InChI=1S/C25H21N/c1-18-8-6-9-19(2)25(18)23-14-15-26-24(17-23)22-13-7-12-21(16-22)20-10-4-3-5-11-20/h3-17H,1-2H3. The molecule has 4 rings (SSSR count). The van der Waals surface area contributed by atoms with Crippen molar-refractivity contribution < 1.29 is 0 Å². The zero-order valence-electron chi connectivity index (χ0n) is 15.1. The second-order valence-corrected chi connectivity index (χ2v) is 6.64. The molecule has 0 fully saturated rings. The zero-order valence-corrected chi connectivity index (χ0v) is 15.1. The van der Waals surface area contributed by atoms with Crippen LogP contribution in [-0.4, -0.2) is 4.98 Å². The monoisotopic (exact) mass is 335 g/mol. The third kappa shape index (κ3) is 3.16. The molecule has 0 amide bonds. The number of hydrogen-bond donors (Lipinski definition) is 0. The molecule has 0 bridgehead atoms. The number of aryl methyl sites for hydroxylation is 2. The SMILES string of the molecule is Cc1cccc(C)c1-c1ccnc(-c2cccc(-c3ccccc3)c2)c1. The highest BCUT2D eigenvalue weighted by molar-refractivity contribution is 5.77. The molecular weight excluding hydrogens is 314 g/mol. The van der Waals surface area contributed by atoms with Crippen LogP contribution < -0.4 is 0 Å². The summed E-state index contributed by atoms with van der Waals surface area (Å²) in [6.07, 6.45) is 1.91. The Morgan fingerprint density at radius 2 is 1.19 bits per heavy atom. The predicted octanol–water partition coefficient (Wildman–Crippen LogP) is 6.70. The molecule has 3 aromatic carbocycles. The normalized spacial score (nSPS) is 10.7. The summed E-state index contributed by atoms with van der Waals surface area (Å²) >= 11 is 0. The van der Waals surface area contributed by atoms with Crippen LogP contribution in [0.5, 0.6) is 0 Å². The van der Waals surface area contributed by atoms with Crippen LogP contribution in [0.2, 0.25) is 0 Å². The second kappa shape index (κ2) is 6.97. The van der Waals surface area contributed by atoms with Gasteiger partial charge in [0, 0.05) is 11.8 Å². The molecule has 26 heavy (non-hydrogen) atoms. The molecule has 0 spiro atoms. The average molecular weight is 335 g/mol. The lowest BCUT2D eigenvalue weighted by Crippen LogP contribution is -1.90. The summed E-state index contributed by atoms with van der Waals surface area (Å²) in [6, 6.07) is 29.8. The van der Waals surface area contributed by atoms with E-state index in [2.05, 4.69) is 97.7 Å². The van der Waals surface area contributed by atoms with Gasteiger partial charge in [0.25, 0.3) is 0 Å². The van der Waals surface area contributed by atoms with Gasteiger partial charge in [0.1, 0.15) is 0 Å². The van der Waals surface area contributed by atoms with Crippen molar-refractivity contribution in [1.82, 2.24) is 4.98 Å². The van der Waals surface area contributed by atoms with Crippen LogP contribution in [0.3, 0.4) is 0 Å². The van der Waals surface area contributed by atoms with Gasteiger partial charge in [0.15, 0.2) is 0 Å². The molecule has 0 N–H and O–H groups in total. The molecule has 0 aliphatic carbocycles. The third-order valence-electron chi connectivity index (χ3n) is 4.80. The van der Waals surface area contributed by atoms with Crippen molar-refractivity contribution in [2.75, 3.05) is 0 Å². The predicted molar refractivity (Wildman–Crippen MR) is 110 cm³/mol. The van der Waals surface area contributed by atoms with E-state index in [9.17, 15) is 0 Å². The van der Waals surface area contributed by atoms with Gasteiger partial charge in [0.05, 0.1) is 5.69 Å². The highest BCUT2D eigenvalue weighted by Gasteiger charge is 2.08. The Morgan fingerprint density at radius 3 is 1.96 bits per heavy atom. The Hall–Kier alpha value is -3.19. The molecule has 1 heteroatoms. The number of hydrogen-bond acceptors (Lipinski definition) is 1. The lowest BCUT2D eigenvalue weighted by Gasteiger charge is -2.11. The van der Waals surface area contributed by atoms with Crippen LogP contribution >= 0.6 is 0 Å². The van der Waals surface area contributed by atoms with E-state index in [0.29, 0.717) is 0 Å². The lowest BCUT2D eigenvalue weighted by atomic mass is 9.95. The summed E-state index contributed by atoms with van der Waals surface area (Å²) < 4.78 is 0. The first-order valence-electron chi connectivity index (χ1n) is 8.91. The Balaban J connectivity index is 1.78. The van der Waals surface area contributed by atoms with Crippen LogP contribution in [0, 0.1) is 13.8 Å². The van der Waals surface area contributed by atoms with E-state index in [0.717, 1.165) is 11.3 Å². The van der Waals surface area contributed by atoms with Crippen molar-refractivity contribution in [3.05, 3.63) is 102 Å². The molecule has 0 aliphatic rings. The lowest BCUT2D eigenvalue weighted by molar-refractivity contribution is 1.31. The molecule has 4 aromatic rings. The number of nitrogens with zero attached hydrogens (tertiary/aromatic N) is 1. The number of benzene rings is 3. The fourth-order valence-electron chi connectivity index (χ4n) is 3.50. The van der Waals surface area contributed by atoms with Gasteiger partial charge in [-0.2, -0.15) is 0 Å². The fraction of sp³-hybridized carbons (Fsp3) is 0.0800. The molecule has 0 unspecified atom stereocenters. The maximum absolute atomic E-state index is 4.63. The zero-order chi connectivity index (χ0) is 17.9. The molecule has 1 heterocycles. The fourth-order valence-corrected chi connectivity index (χ4v) is 3.50. The summed E-state index contributed by atoms with van der Waals surface area (Å²) in [7, 11) is 0. The van der Waals surface area contributed by atoms with Crippen molar-refractivity contribution in [2.24, 2.45) is 0 Å². The molecular formula is C25H21N. The van der Waals surface area contributed by atoms with Gasteiger partial charge in [0.2, 0.25) is 0 Å². The van der Waals surface area contributed by atoms with Crippen molar-refractivity contribution in [1.29, 1.82) is 0 Å². The first-order valence-corrected chi connectivity index (χ1v) is 8.91. The Labute approximate surface area is 155 Å². The van der Waals surface area contributed by atoms with Gasteiger partial charge in [-0.05, 0) is 65.4 Å². The number of aromatic nitrogens is 1. The summed E-state index contributed by atoms with van der Waals surface area (Å²) in [5.74, 6) is 0. The van der Waals surface area contributed by atoms with Crippen LogP contribution in [0.15, 0.2) is 91.1 Å². The minimum Gasteiger partial charge on any atom is -0.256 e. The minimum atomic E-state index is 1.00. The molecule has 0 saturated carbocycles. The van der Waals surface area contributed by atoms with Crippen LogP contribution in [-0.2, 0) is 0 Å². The molecule has 1 nitrogen and oxygen atoms in total. The number of rotatable bonds is 3. The topological polar surface area (TPSA) is 12.9 Å². The van der Waals surface area contributed by atoms with Gasteiger partial charge in [-0.15, -0.1) is 0 Å². The van der Waals surface area contributed by atoms with Gasteiger partial charge in [-0.25, -0.2) is 0 Å². The van der Waals surface area contributed by atoms with E-state index < -0.39 is 0 Å². The first kappa shape index (κ1) is 16.3. The van der Waals surface area contributed by atoms with Gasteiger partial charge < -0.3 is 0 Å². The van der Waals surface area contributed by atoms with E-state index in [1.165, 1.54) is 33.4 Å². The Bertz CT molecular complexity index is 1030. The van der Waals surface area contributed by atoms with E-state index in [-0.39, 0.29) is 0 Å². The van der Waals surface area contributed by atoms with Crippen molar-refractivity contribution >= 4 is 0 Å². The molecule has 1 aromatic heterocycles. The van der Waals surface area contributed by atoms with Crippen molar-refractivity contribution in [2.45, 2.75) is 13.8 Å². The maximum Gasteiger partial charge on any atom is 0.0708 e. The molecule has 0 atom stereocenters. The van der Waals surface area contributed by atoms with E-state index in [4.69, 9.17) is 0 Å².